The Bertz CT molecular complexity index is 1490. The smallest absolute Gasteiger partial charge is 0.416 e. The lowest BCUT2D eigenvalue weighted by Crippen LogP contribution is -2.57. The molecule has 10 heteroatoms. The molecule has 5 rings (SSSR count). The minimum Gasteiger partial charge on any atom is -0.497 e. The second-order valence-corrected chi connectivity index (χ2v) is 13.1. The molecule has 0 amide bonds. The Hall–Kier alpha value is -3.08. The lowest BCUT2D eigenvalue weighted by atomic mass is 9.73. The van der Waals surface area contributed by atoms with Crippen LogP contribution in [0.2, 0.25) is 0 Å². The van der Waals surface area contributed by atoms with Crippen LogP contribution in [0.1, 0.15) is 55.2 Å². The number of sulfonamides is 1. The highest BCUT2D eigenvalue weighted by Crippen LogP contribution is 2.43. The zero-order valence-electron chi connectivity index (χ0n) is 23.8. The van der Waals surface area contributed by atoms with Gasteiger partial charge in [-0.2, -0.15) is 13.2 Å². The molecular weight excluding hydrogens is 565 g/mol. The molecule has 226 valence electrons. The predicted octanol–water partition coefficient (Wildman–Crippen LogP) is 6.51. The lowest BCUT2D eigenvalue weighted by molar-refractivity contribution is -0.137. The van der Waals surface area contributed by atoms with E-state index < -0.39 is 33.4 Å². The number of likely N-dealkylation sites (tertiary alicyclic amines) is 1. The molecule has 1 heterocycles. The van der Waals surface area contributed by atoms with Gasteiger partial charge in [-0.3, -0.25) is 9.21 Å². The number of piperidine rings is 1. The number of hydrogen-bond acceptors (Lipinski definition) is 5. The highest BCUT2D eigenvalue weighted by Gasteiger charge is 2.46. The van der Waals surface area contributed by atoms with Crippen LogP contribution in [0.15, 0.2) is 77.7 Å². The van der Waals surface area contributed by atoms with Crippen LogP contribution in [0.25, 0.3) is 0 Å². The average molecular weight is 603 g/mol. The van der Waals surface area contributed by atoms with E-state index >= 15 is 0 Å². The normalized spacial score (nSPS) is 22.6. The summed E-state index contributed by atoms with van der Waals surface area (Å²) in [5.41, 5.74) is 0.00501. The van der Waals surface area contributed by atoms with E-state index in [0.717, 1.165) is 46.8 Å². The molecule has 1 aliphatic carbocycles. The van der Waals surface area contributed by atoms with Gasteiger partial charge in [-0.25, -0.2) is 8.42 Å². The SMILES string of the molecule is COc1ccc(S(=O)(=O)N(c2cccc(C(F)(F)F)c2)C2CCN(C3CCCCC3(O)c3ccccc3C)CC2)cc1. The molecule has 6 nitrogen and oxygen atoms in total. The predicted molar refractivity (Wildman–Crippen MR) is 156 cm³/mol. The van der Waals surface area contributed by atoms with Gasteiger partial charge in [0.05, 0.1) is 23.3 Å². The maximum absolute atomic E-state index is 14.1. The number of ether oxygens (including phenoxy) is 1. The standard InChI is InChI=1S/C32H37F3N2O4S/c1-23-8-3-4-11-29(23)31(38)19-6-5-12-30(31)36-20-17-25(18-21-36)37(26-10-7-9-24(22-26)32(33,34)35)42(39,40)28-15-13-27(41-2)14-16-28/h3-4,7-11,13-16,22,25,30,38H,5-6,12,17-21H2,1-2H3. The summed E-state index contributed by atoms with van der Waals surface area (Å²) in [6.45, 7) is 3.02. The summed E-state index contributed by atoms with van der Waals surface area (Å²) in [7, 11) is -2.74. The van der Waals surface area contributed by atoms with Crippen LogP contribution in [-0.2, 0) is 21.8 Å². The van der Waals surface area contributed by atoms with Gasteiger partial charge in [-0.15, -0.1) is 0 Å². The highest BCUT2D eigenvalue weighted by molar-refractivity contribution is 7.92. The number of anilines is 1. The Labute approximate surface area is 245 Å². The maximum Gasteiger partial charge on any atom is 0.416 e. The van der Waals surface area contributed by atoms with Crippen molar-refractivity contribution in [3.8, 4) is 5.75 Å². The summed E-state index contributed by atoms with van der Waals surface area (Å²) in [5, 5.41) is 12.1. The van der Waals surface area contributed by atoms with Gasteiger partial charge in [-0.1, -0.05) is 43.2 Å². The van der Waals surface area contributed by atoms with Crippen molar-refractivity contribution in [3.63, 3.8) is 0 Å². The molecule has 2 atom stereocenters. The quantitative estimate of drug-likeness (QED) is 0.334. The van der Waals surface area contributed by atoms with Crippen LogP contribution in [-0.4, -0.2) is 50.7 Å². The fourth-order valence-corrected chi connectivity index (χ4v) is 8.36. The maximum atomic E-state index is 14.1. The molecule has 2 aliphatic rings. The molecule has 0 aromatic heterocycles. The second kappa shape index (κ2) is 11.9. The van der Waals surface area contributed by atoms with Gasteiger partial charge in [0.2, 0.25) is 0 Å². The number of aliphatic hydroxyl groups is 1. The molecule has 0 radical (unpaired) electrons. The molecular formula is C32H37F3N2O4S. The first-order chi connectivity index (χ1) is 19.9. The molecule has 1 saturated heterocycles. The van der Waals surface area contributed by atoms with Crippen molar-refractivity contribution in [2.24, 2.45) is 0 Å². The van der Waals surface area contributed by atoms with Crippen molar-refractivity contribution in [2.75, 3.05) is 24.5 Å². The first kappa shape index (κ1) is 30.4. The van der Waals surface area contributed by atoms with Crippen molar-refractivity contribution in [2.45, 2.75) is 74.2 Å². The molecule has 1 saturated carbocycles. The topological polar surface area (TPSA) is 70.1 Å². The van der Waals surface area contributed by atoms with Gasteiger partial charge in [0.15, 0.2) is 0 Å². The number of aryl methyl sites for hydroxylation is 1. The fraction of sp³-hybridized carbons (Fsp3) is 0.438. The Kier molecular flexibility index (Phi) is 8.60. The first-order valence-electron chi connectivity index (χ1n) is 14.3. The van der Waals surface area contributed by atoms with Gasteiger partial charge < -0.3 is 9.84 Å². The molecule has 42 heavy (non-hydrogen) atoms. The monoisotopic (exact) mass is 602 g/mol. The van der Waals surface area contributed by atoms with Crippen molar-refractivity contribution in [1.29, 1.82) is 0 Å². The van der Waals surface area contributed by atoms with Crippen LogP contribution < -0.4 is 9.04 Å². The highest BCUT2D eigenvalue weighted by atomic mass is 32.2. The Morgan fingerprint density at radius 2 is 1.64 bits per heavy atom. The van der Waals surface area contributed by atoms with E-state index in [9.17, 15) is 26.7 Å². The average Bonchev–Trinajstić information content (AvgIpc) is 2.98. The van der Waals surface area contributed by atoms with E-state index in [2.05, 4.69) is 4.90 Å². The molecule has 3 aromatic rings. The van der Waals surface area contributed by atoms with E-state index in [1.807, 2.05) is 31.2 Å². The van der Waals surface area contributed by atoms with Gasteiger partial charge in [0, 0.05) is 25.2 Å². The van der Waals surface area contributed by atoms with Crippen molar-refractivity contribution >= 4 is 15.7 Å². The Morgan fingerprint density at radius 1 is 0.952 bits per heavy atom. The largest absolute Gasteiger partial charge is 0.497 e. The van der Waals surface area contributed by atoms with Gasteiger partial charge in [0.25, 0.3) is 10.0 Å². The summed E-state index contributed by atoms with van der Waals surface area (Å²) >= 11 is 0. The summed E-state index contributed by atoms with van der Waals surface area (Å²) in [6, 6.07) is 17.6. The zero-order chi connectivity index (χ0) is 30.1. The molecule has 2 unspecified atom stereocenters. The van der Waals surface area contributed by atoms with Crippen LogP contribution in [0.5, 0.6) is 5.75 Å². The minimum atomic E-state index is -4.62. The summed E-state index contributed by atoms with van der Waals surface area (Å²) in [5.74, 6) is 0.474. The number of benzene rings is 3. The number of hydrogen-bond donors (Lipinski definition) is 1. The van der Waals surface area contributed by atoms with Crippen LogP contribution in [0.4, 0.5) is 18.9 Å². The molecule has 0 bridgehead atoms. The van der Waals surface area contributed by atoms with Crippen LogP contribution >= 0.6 is 0 Å². The third-order valence-electron chi connectivity index (χ3n) is 8.76. The Morgan fingerprint density at radius 3 is 2.29 bits per heavy atom. The van der Waals surface area contributed by atoms with Gasteiger partial charge in [-0.05, 0) is 86.2 Å². The Balaban J connectivity index is 1.46. The van der Waals surface area contributed by atoms with E-state index in [0.29, 0.717) is 38.1 Å². The van der Waals surface area contributed by atoms with Gasteiger partial charge >= 0.3 is 6.18 Å². The summed E-state index contributed by atoms with van der Waals surface area (Å²) in [4.78, 5) is 2.22. The number of rotatable bonds is 7. The van der Waals surface area contributed by atoms with E-state index in [1.165, 1.54) is 43.5 Å². The summed E-state index contributed by atoms with van der Waals surface area (Å²) < 4.78 is 75.4. The van der Waals surface area contributed by atoms with Crippen molar-refractivity contribution in [3.05, 3.63) is 89.5 Å². The number of halogens is 3. The molecule has 0 spiro atoms. The van der Waals surface area contributed by atoms with E-state index in [4.69, 9.17) is 4.74 Å². The second-order valence-electron chi connectivity index (χ2n) is 11.3. The number of alkyl halides is 3. The molecule has 1 aliphatic heterocycles. The van der Waals surface area contributed by atoms with E-state index in [-0.39, 0.29) is 16.6 Å². The van der Waals surface area contributed by atoms with Crippen molar-refractivity contribution in [1.82, 2.24) is 4.90 Å². The van der Waals surface area contributed by atoms with Crippen molar-refractivity contribution < 1.29 is 31.4 Å². The third-order valence-corrected chi connectivity index (χ3v) is 10.7. The third kappa shape index (κ3) is 5.89. The molecule has 2 fully saturated rings. The summed E-state index contributed by atoms with van der Waals surface area (Å²) in [6.07, 6.45) is -0.433. The van der Waals surface area contributed by atoms with E-state index in [1.54, 1.807) is 0 Å². The molecule has 3 aromatic carbocycles. The van der Waals surface area contributed by atoms with Crippen LogP contribution in [0, 0.1) is 6.92 Å². The zero-order valence-corrected chi connectivity index (χ0v) is 24.7. The van der Waals surface area contributed by atoms with Gasteiger partial charge in [0.1, 0.15) is 11.4 Å². The lowest BCUT2D eigenvalue weighted by Gasteiger charge is -2.49. The number of methoxy groups -OCH3 is 1. The fourth-order valence-electron chi connectivity index (χ4n) is 6.65. The molecule has 1 N–H and O–H groups in total. The minimum absolute atomic E-state index is 0.0202. The van der Waals surface area contributed by atoms with Crippen LogP contribution in [0.3, 0.4) is 0 Å². The number of nitrogens with zero attached hydrogens (tertiary/aromatic N) is 2. The first-order valence-corrected chi connectivity index (χ1v) is 15.8.